The van der Waals surface area contributed by atoms with Gasteiger partial charge in [-0.2, -0.15) is 0 Å². The van der Waals surface area contributed by atoms with Gasteiger partial charge in [0.15, 0.2) is 0 Å². The van der Waals surface area contributed by atoms with Gasteiger partial charge in [0.05, 0.1) is 5.41 Å². The Morgan fingerprint density at radius 1 is 1.19 bits per heavy atom. The van der Waals surface area contributed by atoms with Crippen LogP contribution in [0.4, 0.5) is 0 Å². The number of carboxylic acid groups (broad SMARTS) is 1. The fourth-order valence-electron chi connectivity index (χ4n) is 3.95. The van der Waals surface area contributed by atoms with Gasteiger partial charge in [0.2, 0.25) is 0 Å². The smallest absolute Gasteiger partial charge is 0.313 e. The minimum absolute atomic E-state index is 0.00160. The number of carboxylic acids is 1. The molecule has 3 heteroatoms. The van der Waals surface area contributed by atoms with Gasteiger partial charge in [0.1, 0.15) is 0 Å². The molecule has 1 saturated carbocycles. The van der Waals surface area contributed by atoms with E-state index in [0.29, 0.717) is 0 Å². The van der Waals surface area contributed by atoms with Crippen molar-refractivity contribution in [2.24, 2.45) is 5.41 Å². The van der Waals surface area contributed by atoms with Crippen molar-refractivity contribution in [2.75, 3.05) is 0 Å². The molecule has 0 aliphatic heterocycles. The lowest BCUT2D eigenvalue weighted by Crippen LogP contribution is -2.55. The largest absolute Gasteiger partial charge is 0.481 e. The van der Waals surface area contributed by atoms with Gasteiger partial charge in [-0.05, 0) is 37.7 Å². The molecule has 3 nitrogen and oxygen atoms in total. The molecule has 2 N–H and O–H groups in total. The molecule has 1 aromatic rings. The maximum Gasteiger partial charge on any atom is 0.313 e. The first kappa shape index (κ1) is 14.3. The average molecular weight is 285 g/mol. The number of hydrogen-bond donors (Lipinski definition) is 2. The summed E-state index contributed by atoms with van der Waals surface area (Å²) in [7, 11) is 0. The van der Waals surface area contributed by atoms with Crippen LogP contribution in [0.15, 0.2) is 42.0 Å². The summed E-state index contributed by atoms with van der Waals surface area (Å²) in [6.07, 6.45) is 6.46. The molecule has 0 aromatic heterocycles. The lowest BCUT2D eigenvalue weighted by atomic mass is 9.57. The molecule has 0 unspecified atom stereocenters. The van der Waals surface area contributed by atoms with E-state index in [1.807, 2.05) is 6.07 Å². The third kappa shape index (κ3) is 2.40. The highest BCUT2D eigenvalue weighted by atomic mass is 16.4. The number of nitrogens with one attached hydrogen (secondary N) is 1. The molecule has 0 atom stereocenters. The minimum atomic E-state index is -0.632. The summed E-state index contributed by atoms with van der Waals surface area (Å²) in [5.74, 6) is -0.632. The van der Waals surface area contributed by atoms with E-state index in [-0.39, 0.29) is 5.54 Å². The second-order valence-electron chi connectivity index (χ2n) is 6.41. The van der Waals surface area contributed by atoms with E-state index < -0.39 is 11.4 Å². The first-order valence-electron chi connectivity index (χ1n) is 7.85. The molecule has 1 fully saturated rings. The summed E-state index contributed by atoms with van der Waals surface area (Å²) in [6, 6.07) is 10.4. The zero-order chi connectivity index (χ0) is 14.9. The van der Waals surface area contributed by atoms with Gasteiger partial charge in [-0.25, -0.2) is 0 Å². The van der Waals surface area contributed by atoms with Gasteiger partial charge in [-0.1, -0.05) is 48.9 Å². The van der Waals surface area contributed by atoms with Crippen molar-refractivity contribution in [1.82, 2.24) is 5.32 Å². The Balaban J connectivity index is 1.80. The maximum absolute atomic E-state index is 11.7. The quantitative estimate of drug-likeness (QED) is 0.814. The van der Waals surface area contributed by atoms with Crippen molar-refractivity contribution in [3.05, 3.63) is 47.5 Å². The van der Waals surface area contributed by atoms with Gasteiger partial charge in [-0.3, -0.25) is 4.79 Å². The fourth-order valence-corrected chi connectivity index (χ4v) is 3.95. The van der Waals surface area contributed by atoms with Gasteiger partial charge in [0.25, 0.3) is 0 Å². The van der Waals surface area contributed by atoms with E-state index in [1.165, 1.54) is 5.56 Å². The second kappa shape index (κ2) is 5.30. The van der Waals surface area contributed by atoms with Crippen LogP contribution in [-0.2, 0) is 11.3 Å². The molecular weight excluding hydrogens is 262 g/mol. The summed E-state index contributed by atoms with van der Waals surface area (Å²) in [6.45, 7) is 2.91. The lowest BCUT2D eigenvalue weighted by Gasteiger charge is -2.50. The van der Waals surface area contributed by atoms with Crippen molar-refractivity contribution < 1.29 is 9.90 Å². The number of aliphatic carboxylic acids is 1. The predicted octanol–water partition coefficient (Wildman–Crippen LogP) is 3.51. The molecule has 21 heavy (non-hydrogen) atoms. The molecule has 0 saturated heterocycles. The molecule has 1 aromatic carbocycles. The number of hydrogen-bond acceptors (Lipinski definition) is 2. The Bertz CT molecular complexity index is 554. The van der Waals surface area contributed by atoms with E-state index in [2.05, 4.69) is 42.6 Å². The van der Waals surface area contributed by atoms with E-state index in [4.69, 9.17) is 0 Å². The minimum Gasteiger partial charge on any atom is -0.481 e. The molecule has 0 amide bonds. The standard InChI is InChI=1S/C18H23NO2/c1-2-15-12-17(19-13-14-6-4-3-5-7-14)8-10-18(15,11-9-17)16(20)21/h3-7,12,19H,2,8-11,13H2,1H3,(H,20,21). The number of carbonyl (C=O) groups is 1. The zero-order valence-corrected chi connectivity index (χ0v) is 12.6. The Kier molecular flexibility index (Phi) is 3.62. The van der Waals surface area contributed by atoms with Crippen LogP contribution in [0.1, 0.15) is 44.6 Å². The summed E-state index contributed by atoms with van der Waals surface area (Å²) >= 11 is 0. The van der Waals surface area contributed by atoms with Crippen LogP contribution >= 0.6 is 0 Å². The molecule has 3 aliphatic rings. The normalized spacial score (nSPS) is 31.0. The van der Waals surface area contributed by atoms with Crippen molar-refractivity contribution in [3.8, 4) is 0 Å². The van der Waals surface area contributed by atoms with Crippen LogP contribution in [0.3, 0.4) is 0 Å². The predicted molar refractivity (Wildman–Crippen MR) is 82.9 cm³/mol. The summed E-state index contributed by atoms with van der Waals surface area (Å²) in [5, 5.41) is 13.3. The number of fused-ring (bicyclic) bond motifs is 2. The summed E-state index contributed by atoms with van der Waals surface area (Å²) < 4.78 is 0. The molecule has 4 rings (SSSR count). The molecule has 112 valence electrons. The zero-order valence-electron chi connectivity index (χ0n) is 12.6. The molecule has 0 radical (unpaired) electrons. The molecule has 0 spiro atoms. The molecule has 2 bridgehead atoms. The number of benzene rings is 1. The number of rotatable bonds is 5. The summed E-state index contributed by atoms with van der Waals surface area (Å²) in [5.41, 5.74) is 1.82. The van der Waals surface area contributed by atoms with Crippen molar-refractivity contribution in [1.29, 1.82) is 0 Å². The third-order valence-corrected chi connectivity index (χ3v) is 5.34. The van der Waals surface area contributed by atoms with Crippen LogP contribution in [0.5, 0.6) is 0 Å². The Hall–Kier alpha value is -1.61. The van der Waals surface area contributed by atoms with Crippen LogP contribution in [0, 0.1) is 5.41 Å². The third-order valence-electron chi connectivity index (χ3n) is 5.34. The first-order valence-corrected chi connectivity index (χ1v) is 7.85. The van der Waals surface area contributed by atoms with Crippen molar-refractivity contribution >= 4 is 5.97 Å². The second-order valence-corrected chi connectivity index (χ2v) is 6.41. The fraction of sp³-hybridized carbons (Fsp3) is 0.500. The van der Waals surface area contributed by atoms with Crippen LogP contribution in [0.25, 0.3) is 0 Å². The molecule has 3 aliphatic carbocycles. The Morgan fingerprint density at radius 3 is 2.43 bits per heavy atom. The van der Waals surface area contributed by atoms with Crippen molar-refractivity contribution in [3.63, 3.8) is 0 Å². The van der Waals surface area contributed by atoms with Crippen LogP contribution in [-0.4, -0.2) is 16.6 Å². The highest BCUT2D eigenvalue weighted by Crippen LogP contribution is 2.53. The van der Waals surface area contributed by atoms with Crippen LogP contribution < -0.4 is 5.32 Å². The Morgan fingerprint density at radius 2 is 1.86 bits per heavy atom. The van der Waals surface area contributed by atoms with Gasteiger partial charge < -0.3 is 10.4 Å². The van der Waals surface area contributed by atoms with Crippen LogP contribution in [0.2, 0.25) is 0 Å². The summed E-state index contributed by atoms with van der Waals surface area (Å²) in [4.78, 5) is 11.7. The topological polar surface area (TPSA) is 49.3 Å². The van der Waals surface area contributed by atoms with E-state index >= 15 is 0 Å². The van der Waals surface area contributed by atoms with E-state index in [9.17, 15) is 9.90 Å². The molecular formula is C18H23NO2. The highest BCUT2D eigenvalue weighted by Gasteiger charge is 2.52. The highest BCUT2D eigenvalue weighted by molar-refractivity contribution is 5.79. The average Bonchev–Trinajstić information content (AvgIpc) is 2.54. The first-order chi connectivity index (χ1) is 10.1. The van der Waals surface area contributed by atoms with E-state index in [1.54, 1.807) is 0 Å². The van der Waals surface area contributed by atoms with E-state index in [0.717, 1.165) is 44.2 Å². The van der Waals surface area contributed by atoms with Gasteiger partial charge >= 0.3 is 5.97 Å². The Labute approximate surface area is 126 Å². The van der Waals surface area contributed by atoms with Gasteiger partial charge in [-0.15, -0.1) is 0 Å². The monoisotopic (exact) mass is 285 g/mol. The maximum atomic E-state index is 11.7. The van der Waals surface area contributed by atoms with Gasteiger partial charge in [0, 0.05) is 12.1 Å². The molecule has 0 heterocycles. The van der Waals surface area contributed by atoms with Crippen molar-refractivity contribution in [2.45, 2.75) is 51.1 Å². The lowest BCUT2D eigenvalue weighted by molar-refractivity contribution is -0.150. The SMILES string of the molecule is CCC1=CC2(NCc3ccccc3)CCC1(C(=O)O)CC2.